The molecule has 1 rings (SSSR count). The van der Waals surface area contributed by atoms with Crippen molar-refractivity contribution < 1.29 is 4.43 Å². The molecule has 0 amide bonds. The van der Waals surface area contributed by atoms with Crippen LogP contribution >= 0.6 is 0 Å². The molecule has 0 heterocycles. The van der Waals surface area contributed by atoms with Crippen LogP contribution in [-0.2, 0) is 4.43 Å². The van der Waals surface area contributed by atoms with E-state index in [0.717, 1.165) is 0 Å². The van der Waals surface area contributed by atoms with Gasteiger partial charge in [0.25, 0.3) is 0 Å². The molecule has 0 aliphatic heterocycles. The minimum absolute atomic E-state index is 0.516. The lowest BCUT2D eigenvalue weighted by Gasteiger charge is -2.38. The first-order valence-electron chi connectivity index (χ1n) is 5.46. The molecule has 1 saturated carbocycles. The highest BCUT2D eigenvalue weighted by Gasteiger charge is 2.31. The van der Waals surface area contributed by atoms with E-state index >= 15 is 0 Å². The van der Waals surface area contributed by atoms with Crippen molar-refractivity contribution in [2.45, 2.75) is 65.3 Å². The Hall–Kier alpha value is 0.177. The van der Waals surface area contributed by atoms with Crippen LogP contribution in [0.3, 0.4) is 0 Å². The molecule has 1 atom stereocenters. The van der Waals surface area contributed by atoms with E-state index in [1.165, 1.54) is 25.7 Å². The third-order valence-corrected chi connectivity index (χ3v) is 3.72. The Morgan fingerprint density at radius 1 is 1.23 bits per heavy atom. The van der Waals surface area contributed by atoms with Crippen LogP contribution in [0, 0.1) is 5.41 Å². The molecule has 1 aliphatic rings. The molecular formula is C11H24OSi. The van der Waals surface area contributed by atoms with Gasteiger partial charge in [-0.1, -0.05) is 20.3 Å². The van der Waals surface area contributed by atoms with Crippen molar-refractivity contribution in [2.75, 3.05) is 0 Å². The zero-order valence-electron chi connectivity index (χ0n) is 9.81. The number of hydrogen-bond acceptors (Lipinski definition) is 1. The maximum Gasteiger partial charge on any atom is 0.184 e. The Kier molecular flexibility index (Phi) is 3.23. The van der Waals surface area contributed by atoms with Crippen LogP contribution in [-0.4, -0.2) is 14.4 Å². The second-order valence-electron chi connectivity index (χ2n) is 6.11. The first-order chi connectivity index (χ1) is 5.79. The lowest BCUT2D eigenvalue weighted by atomic mass is 9.76. The van der Waals surface area contributed by atoms with Crippen molar-refractivity contribution in [1.82, 2.24) is 0 Å². The normalized spacial score (nSPS) is 28.8. The van der Waals surface area contributed by atoms with E-state index in [1.54, 1.807) is 0 Å². The Balaban J connectivity index is 2.44. The zero-order valence-corrected chi connectivity index (χ0v) is 10.8. The Labute approximate surface area is 84.0 Å². The Morgan fingerprint density at radius 3 is 2.31 bits per heavy atom. The molecule has 0 N–H and O–H groups in total. The van der Waals surface area contributed by atoms with E-state index in [1.807, 2.05) is 0 Å². The highest BCUT2D eigenvalue weighted by molar-refractivity contribution is 6.69. The van der Waals surface area contributed by atoms with Crippen LogP contribution < -0.4 is 0 Å². The summed E-state index contributed by atoms with van der Waals surface area (Å²) in [5.41, 5.74) is 0.516. The van der Waals surface area contributed by atoms with E-state index in [0.29, 0.717) is 11.5 Å². The predicted octanol–water partition coefficient (Wildman–Crippen LogP) is 3.81. The summed E-state index contributed by atoms with van der Waals surface area (Å²) in [6.07, 6.45) is 5.82. The quantitative estimate of drug-likeness (QED) is 0.616. The first kappa shape index (κ1) is 11.3. The van der Waals surface area contributed by atoms with Gasteiger partial charge in [-0.2, -0.15) is 0 Å². The van der Waals surface area contributed by atoms with Gasteiger partial charge < -0.3 is 4.43 Å². The second kappa shape index (κ2) is 3.74. The molecule has 1 fully saturated rings. The number of rotatable bonds is 2. The third-order valence-electron chi connectivity index (χ3n) is 2.68. The molecule has 78 valence electrons. The Bertz CT molecular complexity index is 167. The van der Waals surface area contributed by atoms with E-state index in [-0.39, 0.29) is 0 Å². The largest absolute Gasteiger partial charge is 0.415 e. The van der Waals surface area contributed by atoms with Crippen LogP contribution in [0.1, 0.15) is 39.5 Å². The topological polar surface area (TPSA) is 9.23 Å². The molecule has 0 aromatic rings. The molecule has 0 radical (unpaired) electrons. The summed E-state index contributed by atoms with van der Waals surface area (Å²) in [6, 6.07) is 0. The maximum absolute atomic E-state index is 6.15. The van der Waals surface area contributed by atoms with Gasteiger partial charge in [-0.25, -0.2) is 0 Å². The van der Waals surface area contributed by atoms with Gasteiger partial charge >= 0.3 is 0 Å². The molecule has 1 unspecified atom stereocenters. The van der Waals surface area contributed by atoms with Crippen LogP contribution in [0.5, 0.6) is 0 Å². The van der Waals surface area contributed by atoms with Crippen LogP contribution in [0.2, 0.25) is 19.6 Å². The van der Waals surface area contributed by atoms with Crippen LogP contribution in [0.15, 0.2) is 0 Å². The fourth-order valence-electron chi connectivity index (χ4n) is 2.23. The van der Waals surface area contributed by atoms with Crippen LogP contribution in [0.25, 0.3) is 0 Å². The lowest BCUT2D eigenvalue weighted by molar-refractivity contribution is 0.0798. The van der Waals surface area contributed by atoms with Gasteiger partial charge in [-0.3, -0.25) is 0 Å². The summed E-state index contributed by atoms with van der Waals surface area (Å²) >= 11 is 0. The summed E-state index contributed by atoms with van der Waals surface area (Å²) in [5, 5.41) is 0. The van der Waals surface area contributed by atoms with E-state index in [2.05, 4.69) is 33.5 Å². The summed E-state index contributed by atoms with van der Waals surface area (Å²) < 4.78 is 6.15. The van der Waals surface area contributed by atoms with Crippen LogP contribution in [0.4, 0.5) is 0 Å². The average Bonchev–Trinajstić information content (AvgIpc) is 1.79. The average molecular weight is 200 g/mol. The van der Waals surface area contributed by atoms with E-state index in [4.69, 9.17) is 4.43 Å². The maximum atomic E-state index is 6.15. The highest BCUT2D eigenvalue weighted by atomic mass is 28.4. The van der Waals surface area contributed by atoms with Gasteiger partial charge in [0.05, 0.1) is 0 Å². The monoisotopic (exact) mass is 200 g/mol. The predicted molar refractivity (Wildman–Crippen MR) is 60.5 cm³/mol. The molecule has 2 heteroatoms. The van der Waals surface area contributed by atoms with Gasteiger partial charge in [0.2, 0.25) is 0 Å². The van der Waals surface area contributed by atoms with E-state index < -0.39 is 8.32 Å². The van der Waals surface area contributed by atoms with Crippen molar-refractivity contribution in [3.8, 4) is 0 Å². The number of hydrogen-bond donors (Lipinski definition) is 0. The molecule has 1 nitrogen and oxygen atoms in total. The fraction of sp³-hybridized carbons (Fsp3) is 1.00. The Morgan fingerprint density at radius 2 is 1.85 bits per heavy atom. The van der Waals surface area contributed by atoms with Gasteiger partial charge in [0.1, 0.15) is 0 Å². The van der Waals surface area contributed by atoms with Crippen molar-refractivity contribution >= 4 is 8.32 Å². The fourth-order valence-corrected chi connectivity index (χ4v) is 3.43. The minimum atomic E-state index is -1.31. The van der Waals surface area contributed by atoms with Gasteiger partial charge in [0, 0.05) is 6.10 Å². The molecule has 0 aromatic carbocycles. The van der Waals surface area contributed by atoms with E-state index in [9.17, 15) is 0 Å². The molecule has 13 heavy (non-hydrogen) atoms. The molecule has 0 aromatic heterocycles. The summed E-state index contributed by atoms with van der Waals surface area (Å²) in [4.78, 5) is 0. The second-order valence-corrected chi connectivity index (χ2v) is 10.6. The summed E-state index contributed by atoms with van der Waals surface area (Å²) in [6.45, 7) is 11.6. The molecule has 0 saturated heterocycles. The van der Waals surface area contributed by atoms with Crippen molar-refractivity contribution in [1.29, 1.82) is 0 Å². The van der Waals surface area contributed by atoms with Gasteiger partial charge in [-0.05, 0) is 44.3 Å². The first-order valence-corrected chi connectivity index (χ1v) is 8.87. The molecule has 1 aliphatic carbocycles. The zero-order chi connectivity index (χ0) is 10.1. The smallest absolute Gasteiger partial charge is 0.184 e. The molecule has 0 spiro atoms. The lowest BCUT2D eigenvalue weighted by Crippen LogP contribution is -2.37. The summed E-state index contributed by atoms with van der Waals surface area (Å²) in [5.74, 6) is 0. The van der Waals surface area contributed by atoms with Crippen molar-refractivity contribution in [3.05, 3.63) is 0 Å². The SMILES string of the molecule is CC1(C)CCCC(O[Si](C)(C)C)C1. The molecular weight excluding hydrogens is 176 g/mol. The van der Waals surface area contributed by atoms with Crippen molar-refractivity contribution in [2.24, 2.45) is 5.41 Å². The standard InChI is InChI=1S/C11H24OSi/c1-11(2)8-6-7-10(9-11)12-13(3,4)5/h10H,6-9H2,1-5H3. The van der Waals surface area contributed by atoms with Gasteiger partial charge in [0.15, 0.2) is 8.32 Å². The van der Waals surface area contributed by atoms with Crippen molar-refractivity contribution in [3.63, 3.8) is 0 Å². The summed E-state index contributed by atoms with van der Waals surface area (Å²) in [7, 11) is -1.31. The minimum Gasteiger partial charge on any atom is -0.415 e. The third kappa shape index (κ3) is 4.27. The highest BCUT2D eigenvalue weighted by Crippen LogP contribution is 2.37. The molecule has 0 bridgehead atoms. The van der Waals surface area contributed by atoms with Gasteiger partial charge in [-0.15, -0.1) is 0 Å².